The molecule has 0 atom stereocenters. The Hall–Kier alpha value is -2.16. The quantitative estimate of drug-likeness (QED) is 0.733. The van der Waals surface area contributed by atoms with Gasteiger partial charge < -0.3 is 9.32 Å². The van der Waals surface area contributed by atoms with Gasteiger partial charge in [0, 0.05) is 26.2 Å². The van der Waals surface area contributed by atoms with Crippen LogP contribution in [0.3, 0.4) is 0 Å². The average Bonchev–Trinajstić information content (AvgIpc) is 3.14. The Labute approximate surface area is 166 Å². The second-order valence-corrected chi connectivity index (χ2v) is 9.21. The molecule has 2 heterocycles. The average molecular weight is 406 g/mol. The van der Waals surface area contributed by atoms with Crippen molar-refractivity contribution in [2.75, 3.05) is 39.8 Å². The highest BCUT2D eigenvalue weighted by Crippen LogP contribution is 2.22. The summed E-state index contributed by atoms with van der Waals surface area (Å²) >= 11 is 0. The van der Waals surface area contributed by atoms with Gasteiger partial charge in [-0.1, -0.05) is 17.7 Å². The maximum atomic E-state index is 13.0. The van der Waals surface area contributed by atoms with Crippen LogP contribution >= 0.6 is 0 Å². The van der Waals surface area contributed by atoms with Crippen molar-refractivity contribution in [3.05, 3.63) is 53.5 Å². The van der Waals surface area contributed by atoms with E-state index in [2.05, 4.69) is 0 Å². The van der Waals surface area contributed by atoms with Crippen molar-refractivity contribution in [3.8, 4) is 0 Å². The Bertz CT molecular complexity index is 917. The molecule has 0 radical (unpaired) electrons. The molecule has 2 aromatic rings. The summed E-state index contributed by atoms with van der Waals surface area (Å²) in [5.41, 5.74) is 1.78. The summed E-state index contributed by atoms with van der Waals surface area (Å²) in [6.07, 6.45) is 1.61. The van der Waals surface area contributed by atoms with Crippen molar-refractivity contribution in [3.63, 3.8) is 0 Å². The fourth-order valence-electron chi connectivity index (χ4n) is 3.46. The van der Waals surface area contributed by atoms with Gasteiger partial charge in [-0.3, -0.25) is 9.69 Å². The number of furan rings is 1. The van der Waals surface area contributed by atoms with Crippen molar-refractivity contribution in [2.45, 2.75) is 25.3 Å². The number of sulfonamides is 1. The number of amides is 1. The van der Waals surface area contributed by atoms with Crippen LogP contribution in [-0.2, 0) is 21.4 Å². The second-order valence-electron chi connectivity index (χ2n) is 7.31. The number of likely N-dealkylation sites (N-methyl/N-ethyl adjacent to an activating group) is 1. The van der Waals surface area contributed by atoms with E-state index in [0.717, 1.165) is 16.9 Å². The maximum absolute atomic E-state index is 13.0. The van der Waals surface area contributed by atoms with Gasteiger partial charge >= 0.3 is 0 Å². The fourth-order valence-corrected chi connectivity index (χ4v) is 5.09. The zero-order valence-corrected chi connectivity index (χ0v) is 17.4. The fraction of sp³-hybridized carbons (Fsp3) is 0.450. The standard InChI is InChI=1S/C20H27N3O4S/c1-16-6-7-19(17(2)13-16)28(25,26)23-10-8-22(9-11-23)20(24)15-21(3)14-18-5-4-12-27-18/h4-7,12-13H,8-11,14-15H2,1-3H3. The summed E-state index contributed by atoms with van der Waals surface area (Å²) in [5, 5.41) is 0. The SMILES string of the molecule is Cc1ccc(S(=O)(=O)N2CCN(C(=O)CN(C)Cc3ccco3)CC2)c(C)c1. The molecule has 0 bridgehead atoms. The first-order chi connectivity index (χ1) is 13.3. The first-order valence-corrected chi connectivity index (χ1v) is 10.8. The summed E-state index contributed by atoms with van der Waals surface area (Å²) in [6.45, 7) is 6.00. The first-order valence-electron chi connectivity index (χ1n) is 9.33. The van der Waals surface area contributed by atoms with E-state index in [1.165, 1.54) is 4.31 Å². The molecule has 1 fully saturated rings. The van der Waals surface area contributed by atoms with Crippen LogP contribution in [0.5, 0.6) is 0 Å². The van der Waals surface area contributed by atoms with Gasteiger partial charge in [-0.05, 0) is 44.7 Å². The van der Waals surface area contributed by atoms with Crippen LogP contribution in [-0.4, -0.2) is 68.2 Å². The molecule has 0 aliphatic carbocycles. The van der Waals surface area contributed by atoms with E-state index in [1.54, 1.807) is 17.2 Å². The number of benzene rings is 1. The van der Waals surface area contributed by atoms with Crippen LogP contribution in [0.25, 0.3) is 0 Å². The number of nitrogens with zero attached hydrogens (tertiary/aromatic N) is 3. The van der Waals surface area contributed by atoms with E-state index < -0.39 is 10.0 Å². The zero-order valence-electron chi connectivity index (χ0n) is 16.6. The molecular weight excluding hydrogens is 378 g/mol. The molecule has 152 valence electrons. The lowest BCUT2D eigenvalue weighted by Crippen LogP contribution is -2.52. The summed E-state index contributed by atoms with van der Waals surface area (Å²) in [7, 11) is -1.68. The van der Waals surface area contributed by atoms with Gasteiger partial charge in [0.2, 0.25) is 15.9 Å². The third kappa shape index (κ3) is 4.63. The smallest absolute Gasteiger partial charge is 0.243 e. The largest absolute Gasteiger partial charge is 0.468 e. The molecule has 1 aliphatic rings. The first kappa shape index (κ1) is 20.6. The lowest BCUT2D eigenvalue weighted by atomic mass is 10.2. The molecule has 1 saturated heterocycles. The van der Waals surface area contributed by atoms with E-state index in [0.29, 0.717) is 37.6 Å². The minimum atomic E-state index is -3.54. The van der Waals surface area contributed by atoms with Crippen molar-refractivity contribution < 1.29 is 17.6 Å². The van der Waals surface area contributed by atoms with Gasteiger partial charge in [0.05, 0.1) is 24.2 Å². The van der Waals surface area contributed by atoms with Gasteiger partial charge in [-0.15, -0.1) is 0 Å². The van der Waals surface area contributed by atoms with E-state index in [4.69, 9.17) is 4.42 Å². The van der Waals surface area contributed by atoms with Crippen molar-refractivity contribution in [1.82, 2.24) is 14.1 Å². The van der Waals surface area contributed by atoms with E-state index in [1.807, 2.05) is 50.1 Å². The Morgan fingerprint density at radius 1 is 1.14 bits per heavy atom. The molecule has 1 aliphatic heterocycles. The monoisotopic (exact) mass is 405 g/mol. The highest BCUT2D eigenvalue weighted by Gasteiger charge is 2.31. The highest BCUT2D eigenvalue weighted by atomic mass is 32.2. The third-order valence-corrected chi connectivity index (χ3v) is 7.01. The molecule has 0 N–H and O–H groups in total. The van der Waals surface area contributed by atoms with Crippen LogP contribution < -0.4 is 0 Å². The molecule has 1 aromatic heterocycles. The Morgan fingerprint density at radius 3 is 2.46 bits per heavy atom. The minimum Gasteiger partial charge on any atom is -0.468 e. The number of piperazine rings is 1. The predicted octanol–water partition coefficient (Wildman–Crippen LogP) is 1.86. The number of hydrogen-bond acceptors (Lipinski definition) is 5. The summed E-state index contributed by atoms with van der Waals surface area (Å²) in [4.78, 5) is 16.5. The molecule has 8 heteroatoms. The lowest BCUT2D eigenvalue weighted by Gasteiger charge is -2.35. The molecule has 7 nitrogen and oxygen atoms in total. The lowest BCUT2D eigenvalue weighted by molar-refractivity contribution is -0.133. The Morgan fingerprint density at radius 2 is 1.86 bits per heavy atom. The van der Waals surface area contributed by atoms with Crippen LogP contribution in [0.2, 0.25) is 0 Å². The molecule has 0 saturated carbocycles. The molecule has 1 amide bonds. The van der Waals surface area contributed by atoms with Gasteiger partial charge in [-0.25, -0.2) is 8.42 Å². The molecule has 3 rings (SSSR count). The summed E-state index contributed by atoms with van der Waals surface area (Å²) in [5.74, 6) is 0.803. The summed E-state index contributed by atoms with van der Waals surface area (Å²) < 4.78 is 32.7. The van der Waals surface area contributed by atoms with E-state index in [-0.39, 0.29) is 12.5 Å². The molecule has 1 aromatic carbocycles. The Kier molecular flexibility index (Phi) is 6.22. The molecular formula is C20H27N3O4S. The molecule has 0 spiro atoms. The van der Waals surface area contributed by atoms with Crippen molar-refractivity contribution >= 4 is 15.9 Å². The number of carbonyl (C=O) groups is 1. The number of carbonyl (C=O) groups excluding carboxylic acids is 1. The second kappa shape index (κ2) is 8.46. The number of hydrogen-bond donors (Lipinski definition) is 0. The molecule has 28 heavy (non-hydrogen) atoms. The number of rotatable bonds is 6. The van der Waals surface area contributed by atoms with Gasteiger partial charge in [0.1, 0.15) is 5.76 Å². The van der Waals surface area contributed by atoms with Gasteiger partial charge in [-0.2, -0.15) is 4.31 Å². The van der Waals surface area contributed by atoms with Crippen molar-refractivity contribution in [1.29, 1.82) is 0 Å². The number of aryl methyl sites for hydroxylation is 2. The molecule has 0 unspecified atom stereocenters. The summed E-state index contributed by atoms with van der Waals surface area (Å²) in [6, 6.07) is 9.05. The topological polar surface area (TPSA) is 74.1 Å². The van der Waals surface area contributed by atoms with Crippen molar-refractivity contribution in [2.24, 2.45) is 0 Å². The highest BCUT2D eigenvalue weighted by molar-refractivity contribution is 7.89. The zero-order chi connectivity index (χ0) is 20.3. The third-order valence-electron chi connectivity index (χ3n) is 4.95. The van der Waals surface area contributed by atoms with Gasteiger partial charge in [0.25, 0.3) is 0 Å². The Balaban J connectivity index is 1.56. The minimum absolute atomic E-state index is 0.00220. The predicted molar refractivity (Wildman–Crippen MR) is 106 cm³/mol. The van der Waals surface area contributed by atoms with Crippen LogP contribution in [0.15, 0.2) is 45.9 Å². The van der Waals surface area contributed by atoms with Crippen LogP contribution in [0.1, 0.15) is 16.9 Å². The van der Waals surface area contributed by atoms with Crippen LogP contribution in [0.4, 0.5) is 0 Å². The van der Waals surface area contributed by atoms with E-state index in [9.17, 15) is 13.2 Å². The van der Waals surface area contributed by atoms with Gasteiger partial charge in [0.15, 0.2) is 0 Å². The van der Waals surface area contributed by atoms with E-state index >= 15 is 0 Å². The normalized spacial score (nSPS) is 15.9. The van der Waals surface area contributed by atoms with Crippen LogP contribution in [0, 0.1) is 13.8 Å². The maximum Gasteiger partial charge on any atom is 0.243 e.